The Bertz CT molecular complexity index is 779. The summed E-state index contributed by atoms with van der Waals surface area (Å²) in [6.45, 7) is 4.07. The summed E-state index contributed by atoms with van der Waals surface area (Å²) in [7, 11) is 0. The first-order chi connectivity index (χ1) is 12.2. The SMILES string of the molecule is CCOc1ccccc1C1CCN(C(=O)Cn2cccnc2=O)CC1. The molecule has 1 aromatic carbocycles. The third kappa shape index (κ3) is 4.07. The molecule has 0 spiro atoms. The number of likely N-dealkylation sites (tertiary alicyclic amines) is 1. The van der Waals surface area contributed by atoms with Gasteiger partial charge in [0.05, 0.1) is 6.61 Å². The van der Waals surface area contributed by atoms with Crippen molar-refractivity contribution in [3.63, 3.8) is 0 Å². The minimum Gasteiger partial charge on any atom is -0.494 e. The molecule has 1 aliphatic heterocycles. The molecule has 0 saturated carbocycles. The van der Waals surface area contributed by atoms with E-state index in [4.69, 9.17) is 4.74 Å². The molecule has 25 heavy (non-hydrogen) atoms. The van der Waals surface area contributed by atoms with E-state index < -0.39 is 5.69 Å². The molecule has 6 heteroatoms. The Kier molecular flexibility index (Phi) is 5.48. The molecule has 0 radical (unpaired) electrons. The minimum atomic E-state index is -0.392. The van der Waals surface area contributed by atoms with Crippen LogP contribution in [0, 0.1) is 0 Å². The Morgan fingerprint density at radius 1 is 1.24 bits per heavy atom. The molecular formula is C19H23N3O3. The molecular weight excluding hydrogens is 318 g/mol. The fourth-order valence-corrected chi connectivity index (χ4v) is 3.30. The molecule has 0 unspecified atom stereocenters. The van der Waals surface area contributed by atoms with Crippen LogP contribution in [0.3, 0.4) is 0 Å². The van der Waals surface area contributed by atoms with Crippen LogP contribution in [0.15, 0.2) is 47.5 Å². The first kappa shape index (κ1) is 17.2. The Morgan fingerprint density at radius 2 is 2.00 bits per heavy atom. The first-order valence-electron chi connectivity index (χ1n) is 8.70. The van der Waals surface area contributed by atoms with Gasteiger partial charge in [-0.05, 0) is 43.4 Å². The van der Waals surface area contributed by atoms with Crippen LogP contribution >= 0.6 is 0 Å². The second kappa shape index (κ2) is 7.96. The quantitative estimate of drug-likeness (QED) is 0.835. The number of benzene rings is 1. The number of ether oxygens (including phenoxy) is 1. The lowest BCUT2D eigenvalue weighted by Gasteiger charge is -2.33. The highest BCUT2D eigenvalue weighted by Crippen LogP contribution is 2.34. The van der Waals surface area contributed by atoms with E-state index in [-0.39, 0.29) is 12.5 Å². The topological polar surface area (TPSA) is 64.4 Å². The van der Waals surface area contributed by atoms with E-state index in [1.807, 2.05) is 30.0 Å². The van der Waals surface area contributed by atoms with E-state index in [1.165, 1.54) is 16.3 Å². The van der Waals surface area contributed by atoms with Gasteiger partial charge in [0.2, 0.25) is 5.91 Å². The van der Waals surface area contributed by atoms with E-state index in [9.17, 15) is 9.59 Å². The molecule has 2 aromatic rings. The molecule has 6 nitrogen and oxygen atoms in total. The van der Waals surface area contributed by atoms with Gasteiger partial charge in [0.1, 0.15) is 12.3 Å². The monoisotopic (exact) mass is 341 g/mol. The van der Waals surface area contributed by atoms with Gasteiger partial charge in [-0.2, -0.15) is 0 Å². The normalized spacial score (nSPS) is 15.2. The zero-order valence-corrected chi connectivity index (χ0v) is 14.4. The molecule has 3 rings (SSSR count). The lowest BCUT2D eigenvalue weighted by atomic mass is 9.89. The molecule has 0 aliphatic carbocycles. The van der Waals surface area contributed by atoms with Crippen molar-refractivity contribution in [3.8, 4) is 5.75 Å². The molecule has 1 amide bonds. The summed E-state index contributed by atoms with van der Waals surface area (Å²) in [6, 6.07) is 9.79. The van der Waals surface area contributed by atoms with Gasteiger partial charge in [-0.25, -0.2) is 9.78 Å². The third-order valence-corrected chi connectivity index (χ3v) is 4.59. The van der Waals surface area contributed by atoms with Crippen molar-refractivity contribution in [3.05, 3.63) is 58.8 Å². The highest BCUT2D eigenvalue weighted by molar-refractivity contribution is 5.76. The fraction of sp³-hybridized carbons (Fsp3) is 0.421. The molecule has 1 saturated heterocycles. The lowest BCUT2D eigenvalue weighted by molar-refractivity contribution is -0.133. The van der Waals surface area contributed by atoms with E-state index in [0.29, 0.717) is 25.6 Å². The van der Waals surface area contributed by atoms with Crippen LogP contribution in [0.2, 0.25) is 0 Å². The Morgan fingerprint density at radius 3 is 2.72 bits per heavy atom. The summed E-state index contributed by atoms with van der Waals surface area (Å²) in [6.07, 6.45) is 4.83. The van der Waals surface area contributed by atoms with Gasteiger partial charge in [0.25, 0.3) is 0 Å². The van der Waals surface area contributed by atoms with Crippen LogP contribution in [0.25, 0.3) is 0 Å². The number of nitrogens with zero attached hydrogens (tertiary/aromatic N) is 3. The largest absolute Gasteiger partial charge is 0.494 e. The summed E-state index contributed by atoms with van der Waals surface area (Å²) in [4.78, 5) is 29.6. The number of carbonyl (C=O) groups is 1. The number of carbonyl (C=O) groups excluding carboxylic acids is 1. The van der Waals surface area contributed by atoms with Gasteiger partial charge in [0, 0.05) is 25.5 Å². The molecule has 1 aliphatic rings. The maximum Gasteiger partial charge on any atom is 0.347 e. The summed E-state index contributed by atoms with van der Waals surface area (Å²) >= 11 is 0. The molecule has 132 valence electrons. The molecule has 1 aromatic heterocycles. The maximum atomic E-state index is 12.4. The van der Waals surface area contributed by atoms with Gasteiger partial charge >= 0.3 is 5.69 Å². The van der Waals surface area contributed by atoms with Gasteiger partial charge < -0.3 is 9.64 Å². The van der Waals surface area contributed by atoms with E-state index >= 15 is 0 Å². The van der Waals surface area contributed by atoms with Crippen molar-refractivity contribution < 1.29 is 9.53 Å². The summed E-state index contributed by atoms with van der Waals surface area (Å²) in [5.41, 5.74) is 0.830. The number of piperidine rings is 1. The minimum absolute atomic E-state index is 0.0355. The van der Waals surface area contributed by atoms with Crippen molar-refractivity contribution >= 4 is 5.91 Å². The van der Waals surface area contributed by atoms with Gasteiger partial charge in [-0.3, -0.25) is 9.36 Å². The van der Waals surface area contributed by atoms with Crippen molar-refractivity contribution in [2.75, 3.05) is 19.7 Å². The predicted molar refractivity (Wildman–Crippen MR) is 94.7 cm³/mol. The van der Waals surface area contributed by atoms with Crippen LogP contribution < -0.4 is 10.4 Å². The Labute approximate surface area is 147 Å². The molecule has 0 atom stereocenters. The third-order valence-electron chi connectivity index (χ3n) is 4.59. The second-order valence-corrected chi connectivity index (χ2v) is 6.16. The molecule has 0 bridgehead atoms. The fourth-order valence-electron chi connectivity index (χ4n) is 3.30. The number of hydrogen-bond donors (Lipinski definition) is 0. The summed E-state index contributed by atoms with van der Waals surface area (Å²) in [5.74, 6) is 1.30. The maximum absolute atomic E-state index is 12.4. The average molecular weight is 341 g/mol. The van der Waals surface area contributed by atoms with Gasteiger partial charge in [-0.1, -0.05) is 18.2 Å². The summed E-state index contributed by atoms with van der Waals surface area (Å²) < 4.78 is 7.08. The number of para-hydroxylation sites is 1. The van der Waals surface area contributed by atoms with Gasteiger partial charge in [-0.15, -0.1) is 0 Å². The lowest BCUT2D eigenvalue weighted by Crippen LogP contribution is -2.41. The van der Waals surface area contributed by atoms with E-state index in [2.05, 4.69) is 11.1 Å². The molecule has 2 heterocycles. The number of rotatable bonds is 5. The number of hydrogen-bond acceptors (Lipinski definition) is 4. The average Bonchev–Trinajstić information content (AvgIpc) is 2.64. The zero-order valence-electron chi connectivity index (χ0n) is 14.4. The zero-order chi connectivity index (χ0) is 17.6. The van der Waals surface area contributed by atoms with Crippen LogP contribution in [-0.4, -0.2) is 40.1 Å². The summed E-state index contributed by atoms with van der Waals surface area (Å²) in [5, 5.41) is 0. The van der Waals surface area contributed by atoms with Crippen molar-refractivity contribution in [1.29, 1.82) is 0 Å². The Hall–Kier alpha value is -2.63. The van der Waals surface area contributed by atoms with Crippen molar-refractivity contribution in [1.82, 2.24) is 14.5 Å². The molecule has 1 fully saturated rings. The van der Waals surface area contributed by atoms with Crippen molar-refractivity contribution in [2.45, 2.75) is 32.2 Å². The van der Waals surface area contributed by atoms with Crippen molar-refractivity contribution in [2.24, 2.45) is 0 Å². The van der Waals surface area contributed by atoms with Crippen LogP contribution in [-0.2, 0) is 11.3 Å². The predicted octanol–water partition coefficient (Wildman–Crippen LogP) is 2.05. The molecule has 0 N–H and O–H groups in total. The van der Waals surface area contributed by atoms with Crippen LogP contribution in [0.5, 0.6) is 5.75 Å². The highest BCUT2D eigenvalue weighted by atomic mass is 16.5. The van der Waals surface area contributed by atoms with E-state index in [0.717, 1.165) is 18.6 Å². The number of aromatic nitrogens is 2. The van der Waals surface area contributed by atoms with E-state index in [1.54, 1.807) is 12.3 Å². The second-order valence-electron chi connectivity index (χ2n) is 6.16. The van der Waals surface area contributed by atoms with Gasteiger partial charge in [0.15, 0.2) is 0 Å². The standard InChI is InChI=1S/C19H23N3O3/c1-2-25-17-7-4-3-6-16(17)15-8-12-21(13-9-15)18(23)14-22-11-5-10-20-19(22)24/h3-7,10-11,15H,2,8-9,12-14H2,1H3. The smallest absolute Gasteiger partial charge is 0.347 e. The number of amides is 1. The first-order valence-corrected chi connectivity index (χ1v) is 8.70. The van der Waals surface area contributed by atoms with Crippen LogP contribution in [0.1, 0.15) is 31.2 Å². The van der Waals surface area contributed by atoms with Crippen LogP contribution in [0.4, 0.5) is 0 Å². The highest BCUT2D eigenvalue weighted by Gasteiger charge is 2.25. The Balaban J connectivity index is 1.61.